The maximum atomic E-state index is 10.7. The minimum atomic E-state index is -1.18. The molecule has 0 aliphatic heterocycles. The molecule has 2 aromatic carbocycles. The van der Waals surface area contributed by atoms with E-state index < -0.39 is 23.4 Å². The normalized spacial score (nSPS) is 9.70. The van der Waals surface area contributed by atoms with Gasteiger partial charge < -0.3 is 25.2 Å². The Kier molecular flexibility index (Phi) is 11.7. The summed E-state index contributed by atoms with van der Waals surface area (Å²) in [4.78, 5) is 20.4. The SMILES string of the molecule is C/C=C/O/C=C/C.O=C(O)c1ccccc1[O-].O=C(O)c1ccccc1[O-]. The van der Waals surface area contributed by atoms with Gasteiger partial charge in [-0.15, -0.1) is 0 Å². The van der Waals surface area contributed by atoms with Crippen LogP contribution in [0.15, 0.2) is 73.2 Å². The second kappa shape index (κ2) is 13.5. The van der Waals surface area contributed by atoms with Crippen molar-refractivity contribution in [2.45, 2.75) is 13.8 Å². The Morgan fingerprint density at radius 1 is 0.778 bits per heavy atom. The van der Waals surface area contributed by atoms with Gasteiger partial charge in [-0.05, 0) is 26.0 Å². The molecule has 0 aliphatic carbocycles. The Hall–Kier alpha value is -3.74. The van der Waals surface area contributed by atoms with E-state index in [9.17, 15) is 19.8 Å². The number of aromatic carboxylic acids is 2. The van der Waals surface area contributed by atoms with Crippen molar-refractivity contribution < 1.29 is 34.8 Å². The molecule has 0 saturated heterocycles. The first kappa shape index (κ1) is 23.3. The average molecular weight is 372 g/mol. The molecule has 0 saturated carbocycles. The van der Waals surface area contributed by atoms with Crippen molar-refractivity contribution in [1.82, 2.24) is 0 Å². The molecule has 2 rings (SSSR count). The van der Waals surface area contributed by atoms with E-state index in [1.165, 1.54) is 48.5 Å². The number of para-hydroxylation sites is 2. The Balaban J connectivity index is 0.000000384. The zero-order valence-corrected chi connectivity index (χ0v) is 14.9. The quantitative estimate of drug-likeness (QED) is 0.789. The van der Waals surface area contributed by atoms with Crippen LogP contribution in [0.3, 0.4) is 0 Å². The molecule has 144 valence electrons. The number of rotatable bonds is 4. The number of carboxylic acids is 2. The van der Waals surface area contributed by atoms with E-state index in [-0.39, 0.29) is 11.1 Å². The molecule has 0 fully saturated rings. The van der Waals surface area contributed by atoms with E-state index in [1.807, 2.05) is 26.0 Å². The predicted octanol–water partition coefficient (Wildman–Crippen LogP) is 2.99. The molecular weight excluding hydrogens is 352 g/mol. The molecule has 0 spiro atoms. The molecular formula is C20H20O7-2. The molecule has 2 aromatic rings. The Morgan fingerprint density at radius 2 is 1.11 bits per heavy atom. The second-order valence-electron chi connectivity index (χ2n) is 4.68. The van der Waals surface area contributed by atoms with Gasteiger partial charge in [-0.25, -0.2) is 9.59 Å². The number of carboxylic acid groups (broad SMARTS) is 2. The van der Waals surface area contributed by atoms with Gasteiger partial charge in [-0.3, -0.25) is 0 Å². The van der Waals surface area contributed by atoms with E-state index in [0.717, 1.165) is 0 Å². The van der Waals surface area contributed by atoms with E-state index in [4.69, 9.17) is 14.9 Å². The summed E-state index contributed by atoms with van der Waals surface area (Å²) in [6.07, 6.45) is 6.92. The minimum Gasteiger partial charge on any atom is -0.872 e. The van der Waals surface area contributed by atoms with Crippen molar-refractivity contribution >= 4 is 11.9 Å². The number of benzene rings is 2. The average Bonchev–Trinajstić information content (AvgIpc) is 2.63. The summed E-state index contributed by atoms with van der Waals surface area (Å²) < 4.78 is 4.77. The molecule has 27 heavy (non-hydrogen) atoms. The Morgan fingerprint density at radius 3 is 1.33 bits per heavy atom. The third kappa shape index (κ3) is 9.98. The van der Waals surface area contributed by atoms with Crippen molar-refractivity contribution in [1.29, 1.82) is 0 Å². The van der Waals surface area contributed by atoms with Crippen molar-refractivity contribution in [3.8, 4) is 11.5 Å². The van der Waals surface area contributed by atoms with Crippen molar-refractivity contribution in [3.05, 3.63) is 84.3 Å². The summed E-state index contributed by atoms with van der Waals surface area (Å²) in [7, 11) is 0. The molecule has 0 amide bonds. The first-order valence-electron chi connectivity index (χ1n) is 7.71. The number of allylic oxidation sites excluding steroid dienone is 2. The maximum Gasteiger partial charge on any atom is 0.335 e. The number of carbonyl (C=O) groups is 2. The van der Waals surface area contributed by atoms with Gasteiger partial charge in [-0.1, -0.05) is 60.0 Å². The summed E-state index contributed by atoms with van der Waals surface area (Å²) >= 11 is 0. The molecule has 0 unspecified atom stereocenters. The van der Waals surface area contributed by atoms with E-state index in [0.29, 0.717) is 0 Å². The molecule has 0 aromatic heterocycles. The number of hydrogen-bond acceptors (Lipinski definition) is 5. The van der Waals surface area contributed by atoms with Crippen molar-refractivity contribution in [2.24, 2.45) is 0 Å². The number of hydrogen-bond donors (Lipinski definition) is 2. The van der Waals surface area contributed by atoms with Gasteiger partial charge in [0.05, 0.1) is 23.7 Å². The number of ether oxygens (including phenoxy) is 1. The topological polar surface area (TPSA) is 130 Å². The fourth-order valence-corrected chi connectivity index (χ4v) is 1.49. The lowest BCUT2D eigenvalue weighted by molar-refractivity contribution is -0.269. The van der Waals surface area contributed by atoms with Gasteiger partial charge in [0.25, 0.3) is 0 Å². The Labute approximate surface area is 157 Å². The summed E-state index contributed by atoms with van der Waals surface area (Å²) in [6.45, 7) is 3.81. The van der Waals surface area contributed by atoms with Gasteiger partial charge >= 0.3 is 11.9 Å². The van der Waals surface area contributed by atoms with Crippen LogP contribution in [0, 0.1) is 0 Å². The lowest BCUT2D eigenvalue weighted by Gasteiger charge is -2.07. The van der Waals surface area contributed by atoms with Crippen LogP contribution in [-0.2, 0) is 4.74 Å². The molecule has 0 aliphatic rings. The monoisotopic (exact) mass is 372 g/mol. The van der Waals surface area contributed by atoms with E-state index in [1.54, 1.807) is 12.5 Å². The molecule has 0 heterocycles. The molecule has 7 nitrogen and oxygen atoms in total. The fourth-order valence-electron chi connectivity index (χ4n) is 1.49. The maximum absolute atomic E-state index is 10.7. The van der Waals surface area contributed by atoms with E-state index in [2.05, 4.69) is 0 Å². The summed E-state index contributed by atoms with van der Waals surface area (Å²) in [5.74, 6) is -3.25. The molecule has 0 bridgehead atoms. The third-order valence-corrected chi connectivity index (χ3v) is 2.66. The van der Waals surface area contributed by atoms with Gasteiger partial charge in [0.15, 0.2) is 0 Å². The molecule has 7 heteroatoms. The van der Waals surface area contributed by atoms with Gasteiger partial charge in [0.1, 0.15) is 0 Å². The summed E-state index contributed by atoms with van der Waals surface area (Å²) in [5.41, 5.74) is -0.356. The van der Waals surface area contributed by atoms with Gasteiger partial charge in [0, 0.05) is 0 Å². The molecule has 0 radical (unpaired) electrons. The van der Waals surface area contributed by atoms with Gasteiger partial charge in [0.2, 0.25) is 0 Å². The summed E-state index contributed by atoms with van der Waals surface area (Å²) in [5, 5.41) is 38.1. The third-order valence-electron chi connectivity index (χ3n) is 2.66. The van der Waals surface area contributed by atoms with Crippen LogP contribution < -0.4 is 10.2 Å². The standard InChI is InChI=1S/2C7H6O3.C6H10O/c2*8-6-4-2-1-3-5(6)7(9)10;1-3-5-7-6-4-2/h2*1-4,8H,(H,9,10);3-6H,1-2H3/p-2/b;;5-3+,6-4+. The predicted molar refractivity (Wildman–Crippen MR) is 96.4 cm³/mol. The zero-order valence-electron chi connectivity index (χ0n) is 14.9. The van der Waals surface area contributed by atoms with Crippen LogP contribution in [0.1, 0.15) is 34.6 Å². The summed E-state index contributed by atoms with van der Waals surface area (Å²) in [6, 6.07) is 11.1. The fraction of sp³-hybridized carbons (Fsp3) is 0.100. The second-order valence-corrected chi connectivity index (χ2v) is 4.68. The smallest absolute Gasteiger partial charge is 0.335 e. The molecule has 0 atom stereocenters. The van der Waals surface area contributed by atoms with E-state index >= 15 is 0 Å². The van der Waals surface area contributed by atoms with Crippen LogP contribution >= 0.6 is 0 Å². The lowest BCUT2D eigenvalue weighted by atomic mass is 10.2. The van der Waals surface area contributed by atoms with Crippen LogP contribution in [0.25, 0.3) is 0 Å². The molecule has 2 N–H and O–H groups in total. The highest BCUT2D eigenvalue weighted by molar-refractivity contribution is 5.90. The van der Waals surface area contributed by atoms with Crippen molar-refractivity contribution in [2.75, 3.05) is 0 Å². The Bertz CT molecular complexity index is 714. The first-order valence-corrected chi connectivity index (χ1v) is 7.71. The highest BCUT2D eigenvalue weighted by atomic mass is 16.5. The van der Waals surface area contributed by atoms with Gasteiger partial charge in [-0.2, -0.15) is 0 Å². The highest BCUT2D eigenvalue weighted by Crippen LogP contribution is 2.11. The van der Waals surface area contributed by atoms with Crippen LogP contribution in [0.4, 0.5) is 0 Å². The van der Waals surface area contributed by atoms with Crippen LogP contribution in [0.2, 0.25) is 0 Å². The van der Waals surface area contributed by atoms with Crippen LogP contribution in [-0.4, -0.2) is 22.2 Å². The highest BCUT2D eigenvalue weighted by Gasteiger charge is 2.00. The van der Waals surface area contributed by atoms with Crippen molar-refractivity contribution in [3.63, 3.8) is 0 Å². The minimum absolute atomic E-state index is 0.178. The largest absolute Gasteiger partial charge is 0.872 e. The lowest BCUT2D eigenvalue weighted by Crippen LogP contribution is -2.02. The zero-order chi connectivity index (χ0) is 20.7. The first-order chi connectivity index (χ1) is 12.8. The van der Waals surface area contributed by atoms with Crippen LogP contribution in [0.5, 0.6) is 11.5 Å².